The van der Waals surface area contributed by atoms with Gasteiger partial charge in [-0.3, -0.25) is 4.79 Å². The number of aryl methyl sites for hydroxylation is 2. The summed E-state index contributed by atoms with van der Waals surface area (Å²) >= 11 is 6.18. The standard InChI is InChI=1S/C15H20ClNO/c1-10-7-11(2)15(13(16)8-10)17-14(18)9-12-5-3-4-6-12/h7-8,12H,3-6,9H2,1-2H3,(H,17,18). The summed E-state index contributed by atoms with van der Waals surface area (Å²) in [6.07, 6.45) is 5.54. The van der Waals surface area contributed by atoms with Crippen molar-refractivity contribution in [1.82, 2.24) is 0 Å². The first kappa shape index (κ1) is 13.4. The number of carbonyl (C=O) groups is 1. The molecule has 0 radical (unpaired) electrons. The highest BCUT2D eigenvalue weighted by Gasteiger charge is 2.19. The van der Waals surface area contributed by atoms with Crippen LogP contribution in [-0.2, 0) is 4.79 Å². The van der Waals surface area contributed by atoms with Gasteiger partial charge in [0.05, 0.1) is 10.7 Å². The van der Waals surface area contributed by atoms with E-state index in [1.807, 2.05) is 26.0 Å². The minimum Gasteiger partial charge on any atom is -0.325 e. The largest absolute Gasteiger partial charge is 0.325 e. The Bertz CT molecular complexity index is 427. The van der Waals surface area contributed by atoms with Crippen molar-refractivity contribution in [2.75, 3.05) is 5.32 Å². The summed E-state index contributed by atoms with van der Waals surface area (Å²) in [4.78, 5) is 12.0. The molecule has 0 saturated heterocycles. The lowest BCUT2D eigenvalue weighted by Crippen LogP contribution is -2.16. The molecule has 1 N–H and O–H groups in total. The predicted molar refractivity (Wildman–Crippen MR) is 76.1 cm³/mol. The molecule has 1 fully saturated rings. The van der Waals surface area contributed by atoms with Crippen LogP contribution in [0, 0.1) is 19.8 Å². The molecule has 18 heavy (non-hydrogen) atoms. The molecule has 0 atom stereocenters. The molecule has 1 amide bonds. The number of nitrogens with one attached hydrogen (secondary N) is 1. The molecule has 0 spiro atoms. The Balaban J connectivity index is 2.02. The monoisotopic (exact) mass is 265 g/mol. The number of hydrogen-bond donors (Lipinski definition) is 1. The van der Waals surface area contributed by atoms with Crippen LogP contribution in [-0.4, -0.2) is 5.91 Å². The highest BCUT2D eigenvalue weighted by Crippen LogP contribution is 2.30. The first-order valence-corrected chi connectivity index (χ1v) is 7.00. The van der Waals surface area contributed by atoms with E-state index in [-0.39, 0.29) is 5.91 Å². The number of anilines is 1. The molecule has 1 saturated carbocycles. The van der Waals surface area contributed by atoms with Crippen molar-refractivity contribution in [1.29, 1.82) is 0 Å². The van der Waals surface area contributed by atoms with Crippen molar-refractivity contribution in [3.8, 4) is 0 Å². The number of carbonyl (C=O) groups excluding carboxylic acids is 1. The zero-order valence-corrected chi connectivity index (χ0v) is 11.8. The molecule has 98 valence electrons. The molecule has 0 aromatic heterocycles. The third kappa shape index (κ3) is 3.26. The molecule has 0 heterocycles. The SMILES string of the molecule is Cc1cc(C)c(NC(=O)CC2CCCC2)c(Cl)c1. The van der Waals surface area contributed by atoms with E-state index in [9.17, 15) is 4.79 Å². The molecular formula is C15H20ClNO. The second-order valence-electron chi connectivity index (χ2n) is 5.34. The molecule has 0 unspecified atom stereocenters. The fourth-order valence-electron chi connectivity index (χ4n) is 2.74. The van der Waals surface area contributed by atoms with Crippen molar-refractivity contribution in [2.45, 2.75) is 46.0 Å². The van der Waals surface area contributed by atoms with Crippen molar-refractivity contribution in [3.05, 3.63) is 28.3 Å². The first-order chi connectivity index (χ1) is 8.56. The Labute approximate surface area is 114 Å². The number of hydrogen-bond acceptors (Lipinski definition) is 1. The normalized spacial score (nSPS) is 15.9. The van der Waals surface area contributed by atoms with E-state index < -0.39 is 0 Å². The first-order valence-electron chi connectivity index (χ1n) is 6.63. The summed E-state index contributed by atoms with van der Waals surface area (Å²) in [5.74, 6) is 0.658. The van der Waals surface area contributed by atoms with Crippen molar-refractivity contribution in [2.24, 2.45) is 5.92 Å². The topological polar surface area (TPSA) is 29.1 Å². The van der Waals surface area contributed by atoms with Gasteiger partial charge in [-0.25, -0.2) is 0 Å². The van der Waals surface area contributed by atoms with E-state index in [4.69, 9.17) is 11.6 Å². The van der Waals surface area contributed by atoms with Crippen LogP contribution in [0.5, 0.6) is 0 Å². The zero-order chi connectivity index (χ0) is 13.1. The lowest BCUT2D eigenvalue weighted by atomic mass is 10.0. The van der Waals surface area contributed by atoms with E-state index in [0.717, 1.165) is 16.8 Å². The van der Waals surface area contributed by atoms with Crippen molar-refractivity contribution < 1.29 is 4.79 Å². The molecule has 2 nitrogen and oxygen atoms in total. The maximum absolute atomic E-state index is 12.0. The second kappa shape index (κ2) is 5.75. The Morgan fingerprint density at radius 2 is 2.00 bits per heavy atom. The number of amides is 1. The average Bonchev–Trinajstić information content (AvgIpc) is 2.76. The molecular weight excluding hydrogens is 246 g/mol. The van der Waals surface area contributed by atoms with Gasteiger partial charge < -0.3 is 5.32 Å². The zero-order valence-electron chi connectivity index (χ0n) is 11.1. The Kier molecular flexibility index (Phi) is 4.28. The summed E-state index contributed by atoms with van der Waals surface area (Å²) in [5, 5.41) is 3.59. The molecule has 1 aliphatic rings. The van der Waals surface area contributed by atoms with Gasteiger partial charge in [-0.1, -0.05) is 30.5 Å². The van der Waals surface area contributed by atoms with Gasteiger partial charge in [-0.15, -0.1) is 0 Å². The van der Waals surface area contributed by atoms with Gasteiger partial charge in [0, 0.05) is 6.42 Å². The average molecular weight is 266 g/mol. The predicted octanol–water partition coefficient (Wildman–Crippen LogP) is 4.48. The molecule has 2 rings (SSSR count). The Morgan fingerprint density at radius 3 is 2.61 bits per heavy atom. The highest BCUT2D eigenvalue weighted by atomic mass is 35.5. The van der Waals surface area contributed by atoms with Crippen LogP contribution in [0.4, 0.5) is 5.69 Å². The third-order valence-corrected chi connectivity index (χ3v) is 3.94. The Hall–Kier alpha value is -1.02. The maximum Gasteiger partial charge on any atom is 0.224 e. The molecule has 0 aliphatic heterocycles. The summed E-state index contributed by atoms with van der Waals surface area (Å²) in [6.45, 7) is 3.98. The summed E-state index contributed by atoms with van der Waals surface area (Å²) in [6, 6.07) is 3.93. The van der Waals surface area contributed by atoms with Gasteiger partial charge in [0.15, 0.2) is 0 Å². The minimum absolute atomic E-state index is 0.0933. The number of rotatable bonds is 3. The van der Waals surface area contributed by atoms with Gasteiger partial charge in [-0.2, -0.15) is 0 Å². The summed E-state index contributed by atoms with van der Waals surface area (Å²) < 4.78 is 0. The highest BCUT2D eigenvalue weighted by molar-refractivity contribution is 6.34. The van der Waals surface area contributed by atoms with Gasteiger partial charge in [0.25, 0.3) is 0 Å². The van der Waals surface area contributed by atoms with Crippen LogP contribution in [0.3, 0.4) is 0 Å². The molecule has 1 aromatic rings. The molecule has 1 aromatic carbocycles. The second-order valence-corrected chi connectivity index (χ2v) is 5.75. The maximum atomic E-state index is 12.0. The fourth-order valence-corrected chi connectivity index (χ4v) is 3.11. The molecule has 0 bridgehead atoms. The van der Waals surface area contributed by atoms with E-state index in [1.54, 1.807) is 0 Å². The van der Waals surface area contributed by atoms with E-state index >= 15 is 0 Å². The van der Waals surface area contributed by atoms with Crippen LogP contribution < -0.4 is 5.32 Å². The van der Waals surface area contributed by atoms with Crippen LogP contribution in [0.25, 0.3) is 0 Å². The smallest absolute Gasteiger partial charge is 0.224 e. The number of halogens is 1. The lowest BCUT2D eigenvalue weighted by Gasteiger charge is -2.13. The van der Waals surface area contributed by atoms with Gasteiger partial charge in [-0.05, 0) is 49.8 Å². The number of benzene rings is 1. The molecule has 1 aliphatic carbocycles. The minimum atomic E-state index is 0.0933. The van der Waals surface area contributed by atoms with Crippen molar-refractivity contribution >= 4 is 23.2 Å². The lowest BCUT2D eigenvalue weighted by molar-refractivity contribution is -0.117. The fraction of sp³-hybridized carbons (Fsp3) is 0.533. The van der Waals surface area contributed by atoms with Crippen LogP contribution >= 0.6 is 11.6 Å². The third-order valence-electron chi connectivity index (χ3n) is 3.64. The van der Waals surface area contributed by atoms with E-state index in [1.165, 1.54) is 25.7 Å². The van der Waals surface area contributed by atoms with Crippen LogP contribution in [0.2, 0.25) is 5.02 Å². The quantitative estimate of drug-likeness (QED) is 0.858. The van der Waals surface area contributed by atoms with Crippen LogP contribution in [0.15, 0.2) is 12.1 Å². The van der Waals surface area contributed by atoms with Gasteiger partial charge >= 0.3 is 0 Å². The van der Waals surface area contributed by atoms with Crippen molar-refractivity contribution in [3.63, 3.8) is 0 Å². The summed E-state index contributed by atoms with van der Waals surface area (Å²) in [5.41, 5.74) is 2.91. The van der Waals surface area contributed by atoms with Gasteiger partial charge in [0.2, 0.25) is 5.91 Å². The molecule has 3 heteroatoms. The Morgan fingerprint density at radius 1 is 1.33 bits per heavy atom. The van der Waals surface area contributed by atoms with Crippen LogP contribution in [0.1, 0.15) is 43.2 Å². The summed E-state index contributed by atoms with van der Waals surface area (Å²) in [7, 11) is 0. The van der Waals surface area contributed by atoms with E-state index in [2.05, 4.69) is 5.32 Å². The van der Waals surface area contributed by atoms with E-state index in [0.29, 0.717) is 17.4 Å². The van der Waals surface area contributed by atoms with Gasteiger partial charge in [0.1, 0.15) is 0 Å².